The van der Waals surface area contributed by atoms with E-state index in [1.807, 2.05) is 0 Å². The molecule has 18 heavy (non-hydrogen) atoms. The van der Waals surface area contributed by atoms with Gasteiger partial charge in [0, 0.05) is 18.7 Å². The van der Waals surface area contributed by atoms with Crippen LogP contribution in [0.2, 0.25) is 0 Å². The van der Waals surface area contributed by atoms with Crippen LogP contribution in [0.15, 0.2) is 10.9 Å². The van der Waals surface area contributed by atoms with Gasteiger partial charge in [0.1, 0.15) is 0 Å². The molecule has 0 atom stereocenters. The van der Waals surface area contributed by atoms with Gasteiger partial charge in [-0.1, -0.05) is 0 Å². The van der Waals surface area contributed by atoms with Crippen molar-refractivity contribution in [2.45, 2.75) is 33.1 Å². The minimum Gasteiger partial charge on any atom is -0.306 e. The van der Waals surface area contributed by atoms with Gasteiger partial charge in [0.25, 0.3) is 0 Å². The second-order valence-corrected chi connectivity index (χ2v) is 4.55. The van der Waals surface area contributed by atoms with E-state index in [2.05, 4.69) is 5.10 Å². The van der Waals surface area contributed by atoms with Crippen LogP contribution >= 0.6 is 0 Å². The first kappa shape index (κ1) is 12.6. The minimum atomic E-state index is -0.505. The number of hydrogen-bond acceptors (Lipinski definition) is 4. The molecule has 2 heterocycles. The second kappa shape index (κ2) is 5.20. The van der Waals surface area contributed by atoms with Gasteiger partial charge in [0.2, 0.25) is 0 Å². The Morgan fingerprint density at radius 1 is 1.28 bits per heavy atom. The van der Waals surface area contributed by atoms with Crippen LogP contribution in [0, 0.1) is 13.8 Å². The molecule has 1 aromatic rings. The van der Waals surface area contributed by atoms with Crippen molar-refractivity contribution >= 4 is 6.09 Å². The molecule has 98 valence electrons. The van der Waals surface area contributed by atoms with Crippen molar-refractivity contribution in [3.05, 3.63) is 27.7 Å². The quantitative estimate of drug-likeness (QED) is 0.743. The van der Waals surface area contributed by atoms with Gasteiger partial charge in [-0.15, -0.1) is 5.10 Å². The van der Waals surface area contributed by atoms with Crippen LogP contribution in [-0.2, 0) is 0 Å². The Bertz CT molecular complexity index is 504. The number of hydrogen-bond donors (Lipinski definition) is 0. The van der Waals surface area contributed by atoms with E-state index in [0.717, 1.165) is 24.1 Å². The maximum atomic E-state index is 11.8. The van der Waals surface area contributed by atoms with Crippen LogP contribution in [0.25, 0.3) is 0 Å². The molecule has 0 bridgehead atoms. The molecule has 6 nitrogen and oxygen atoms in total. The fourth-order valence-corrected chi connectivity index (χ4v) is 2.01. The van der Waals surface area contributed by atoms with Crippen molar-refractivity contribution < 1.29 is 9.63 Å². The Morgan fingerprint density at radius 2 is 1.94 bits per heavy atom. The summed E-state index contributed by atoms with van der Waals surface area (Å²) in [5, 5.41) is 3.90. The number of carbonyl (C=O) groups excluding carboxylic acids is 1. The molecule has 1 aromatic heterocycles. The molecular formula is C12H17N3O3. The average Bonchev–Trinajstić information content (AvgIpc) is 2.36. The van der Waals surface area contributed by atoms with Crippen molar-refractivity contribution in [1.82, 2.24) is 14.8 Å². The molecule has 0 saturated carbocycles. The summed E-state index contributed by atoms with van der Waals surface area (Å²) in [5.41, 5.74) is 0.749. The first-order valence-electron chi connectivity index (χ1n) is 6.13. The van der Waals surface area contributed by atoms with Crippen molar-refractivity contribution in [3.63, 3.8) is 0 Å². The van der Waals surface area contributed by atoms with Crippen LogP contribution in [-0.4, -0.2) is 34.0 Å². The average molecular weight is 251 g/mol. The first-order chi connectivity index (χ1) is 8.58. The molecule has 1 aliphatic rings. The van der Waals surface area contributed by atoms with Gasteiger partial charge in [0.15, 0.2) is 0 Å². The standard InChI is InChI=1S/C12H17N3O3/c1-9-8-10(2)13-15(11(9)16)18-12(17)14-6-4-3-5-7-14/h8H,3-7H2,1-2H3. The molecule has 0 radical (unpaired) electrons. The maximum Gasteiger partial charge on any atom is 0.436 e. The lowest BCUT2D eigenvalue weighted by molar-refractivity contribution is 0.0667. The molecule has 0 aliphatic carbocycles. The molecule has 1 fully saturated rings. The fourth-order valence-electron chi connectivity index (χ4n) is 2.01. The molecule has 0 unspecified atom stereocenters. The Labute approximate surface area is 105 Å². The number of piperidine rings is 1. The summed E-state index contributed by atoms with van der Waals surface area (Å²) in [6.45, 7) is 4.77. The van der Waals surface area contributed by atoms with Crippen LogP contribution in [0.4, 0.5) is 4.79 Å². The molecule has 6 heteroatoms. The van der Waals surface area contributed by atoms with Crippen LogP contribution in [0.1, 0.15) is 30.5 Å². The number of rotatable bonds is 1. The lowest BCUT2D eigenvalue weighted by atomic mass is 10.1. The molecule has 0 aromatic carbocycles. The smallest absolute Gasteiger partial charge is 0.306 e. The van der Waals surface area contributed by atoms with Crippen molar-refractivity contribution in [1.29, 1.82) is 0 Å². The summed E-state index contributed by atoms with van der Waals surface area (Å²) >= 11 is 0. The van der Waals surface area contributed by atoms with E-state index in [1.54, 1.807) is 24.8 Å². The predicted octanol–water partition coefficient (Wildman–Crippen LogP) is 0.895. The van der Waals surface area contributed by atoms with Crippen LogP contribution in [0.5, 0.6) is 0 Å². The summed E-state index contributed by atoms with van der Waals surface area (Å²) in [4.78, 5) is 31.0. The van der Waals surface area contributed by atoms with E-state index >= 15 is 0 Å². The predicted molar refractivity (Wildman–Crippen MR) is 65.4 cm³/mol. The summed E-state index contributed by atoms with van der Waals surface area (Å²) in [5.74, 6) is 0. The van der Waals surface area contributed by atoms with Gasteiger partial charge >= 0.3 is 11.7 Å². The van der Waals surface area contributed by atoms with Gasteiger partial charge in [-0.05, 0) is 44.0 Å². The van der Waals surface area contributed by atoms with Crippen LogP contribution < -0.4 is 10.4 Å². The molecule has 1 saturated heterocycles. The van der Waals surface area contributed by atoms with Gasteiger partial charge < -0.3 is 4.90 Å². The van der Waals surface area contributed by atoms with E-state index in [4.69, 9.17) is 4.84 Å². The van der Waals surface area contributed by atoms with Gasteiger partial charge in [-0.2, -0.15) is 0 Å². The van der Waals surface area contributed by atoms with Crippen LogP contribution in [0.3, 0.4) is 0 Å². The lowest BCUT2D eigenvalue weighted by Crippen LogP contribution is -2.44. The van der Waals surface area contributed by atoms with Crippen molar-refractivity contribution in [2.24, 2.45) is 0 Å². The molecule has 1 amide bonds. The summed E-state index contributed by atoms with van der Waals surface area (Å²) in [6, 6.07) is 1.66. The fraction of sp³-hybridized carbons (Fsp3) is 0.583. The third kappa shape index (κ3) is 2.69. The largest absolute Gasteiger partial charge is 0.436 e. The Hall–Kier alpha value is -1.85. The Balaban J connectivity index is 2.13. The third-order valence-corrected chi connectivity index (χ3v) is 2.96. The Morgan fingerprint density at radius 3 is 2.61 bits per heavy atom. The van der Waals surface area contributed by atoms with E-state index in [9.17, 15) is 9.59 Å². The molecule has 0 N–H and O–H groups in total. The SMILES string of the molecule is Cc1cc(C)c(=O)n(OC(=O)N2CCCCC2)n1. The number of aromatic nitrogens is 2. The number of likely N-dealkylation sites (tertiary alicyclic amines) is 1. The van der Waals surface area contributed by atoms with Gasteiger partial charge in [-0.3, -0.25) is 9.63 Å². The van der Waals surface area contributed by atoms with Crippen molar-refractivity contribution in [2.75, 3.05) is 13.1 Å². The molecule has 0 spiro atoms. The van der Waals surface area contributed by atoms with Crippen molar-refractivity contribution in [3.8, 4) is 0 Å². The highest BCUT2D eigenvalue weighted by Gasteiger charge is 2.19. The number of aryl methyl sites for hydroxylation is 2. The summed E-state index contributed by atoms with van der Waals surface area (Å²) in [7, 11) is 0. The normalized spacial score (nSPS) is 15.6. The van der Waals surface area contributed by atoms with E-state index in [-0.39, 0.29) is 0 Å². The van der Waals surface area contributed by atoms with E-state index in [1.165, 1.54) is 0 Å². The lowest BCUT2D eigenvalue weighted by Gasteiger charge is -2.25. The van der Waals surface area contributed by atoms with Gasteiger partial charge in [0.05, 0.1) is 5.69 Å². The van der Waals surface area contributed by atoms with E-state index < -0.39 is 11.7 Å². The zero-order valence-corrected chi connectivity index (χ0v) is 10.7. The topological polar surface area (TPSA) is 64.4 Å². The highest BCUT2D eigenvalue weighted by atomic mass is 16.7. The number of amides is 1. The molecular weight excluding hydrogens is 234 g/mol. The highest BCUT2D eigenvalue weighted by molar-refractivity contribution is 5.67. The summed E-state index contributed by atoms with van der Waals surface area (Å²) < 4.78 is 0. The third-order valence-electron chi connectivity index (χ3n) is 2.96. The maximum absolute atomic E-state index is 11.8. The number of carbonyl (C=O) groups is 1. The monoisotopic (exact) mass is 251 g/mol. The zero-order chi connectivity index (χ0) is 13.1. The minimum absolute atomic E-state index is 0.397. The molecule has 1 aliphatic heterocycles. The zero-order valence-electron chi connectivity index (χ0n) is 10.7. The van der Waals surface area contributed by atoms with E-state index in [0.29, 0.717) is 24.3 Å². The Kier molecular flexibility index (Phi) is 3.64. The summed E-state index contributed by atoms with van der Waals surface area (Å²) in [6.07, 6.45) is 2.58. The van der Waals surface area contributed by atoms with Gasteiger partial charge in [-0.25, -0.2) is 4.79 Å². The number of nitrogens with zero attached hydrogens (tertiary/aromatic N) is 3. The molecule has 2 rings (SSSR count). The second-order valence-electron chi connectivity index (χ2n) is 4.55. The highest BCUT2D eigenvalue weighted by Crippen LogP contribution is 2.08. The first-order valence-corrected chi connectivity index (χ1v) is 6.13.